The zero-order valence-corrected chi connectivity index (χ0v) is 19.1. The lowest BCUT2D eigenvalue weighted by atomic mass is 10.1. The fraction of sp³-hybridized carbons (Fsp3) is 0.471. The third-order valence-corrected chi connectivity index (χ3v) is 4.91. The van der Waals surface area contributed by atoms with Crippen LogP contribution in [-0.4, -0.2) is 45.2 Å². The highest BCUT2D eigenvalue weighted by Gasteiger charge is 2.10. The van der Waals surface area contributed by atoms with E-state index in [2.05, 4.69) is 22.2 Å². The van der Waals surface area contributed by atoms with E-state index in [0.717, 1.165) is 24.3 Å². The van der Waals surface area contributed by atoms with E-state index in [1.54, 1.807) is 11.8 Å². The van der Waals surface area contributed by atoms with Gasteiger partial charge in [-0.05, 0) is 30.2 Å². The van der Waals surface area contributed by atoms with Gasteiger partial charge in [0, 0.05) is 30.9 Å². The van der Waals surface area contributed by atoms with Crippen LogP contribution in [-0.2, 0) is 22.1 Å². The summed E-state index contributed by atoms with van der Waals surface area (Å²) in [5.74, 6) is 1.90. The summed E-state index contributed by atoms with van der Waals surface area (Å²) >= 11 is 1.76. The minimum atomic E-state index is -3.20. The molecule has 9 heteroatoms. The van der Waals surface area contributed by atoms with Gasteiger partial charge in [-0.15, -0.1) is 30.6 Å². The number of guanidine groups is 1. The maximum atomic E-state index is 13.5. The lowest BCUT2D eigenvalue weighted by Crippen LogP contribution is -2.38. The molecule has 0 aliphatic heterocycles. The molecule has 1 rings (SSSR count). The van der Waals surface area contributed by atoms with Gasteiger partial charge >= 0.3 is 0 Å². The molecule has 0 unspecified atom stereocenters. The first-order valence-corrected chi connectivity index (χ1v) is 11.2. The number of nitrogens with one attached hydrogen (secondary N) is 2. The first-order chi connectivity index (χ1) is 11.9. The monoisotopic (exact) mass is 515 g/mol. The van der Waals surface area contributed by atoms with Gasteiger partial charge in [-0.3, -0.25) is 0 Å². The van der Waals surface area contributed by atoms with Crippen molar-refractivity contribution in [2.75, 3.05) is 30.9 Å². The predicted molar refractivity (Wildman–Crippen MR) is 121 cm³/mol. The second-order valence-electron chi connectivity index (χ2n) is 5.47. The number of nitrogens with zero attached hydrogens (tertiary/aromatic N) is 1. The second kappa shape index (κ2) is 13.4. The summed E-state index contributed by atoms with van der Waals surface area (Å²) in [6, 6.07) is 4.12. The SMILES string of the molecule is C=CCSCCNC(=NCc1cc(F)ccc1CS(C)(=O)=O)NCC.I. The summed E-state index contributed by atoms with van der Waals surface area (Å²) in [7, 11) is -3.20. The Morgan fingerprint density at radius 2 is 2.08 bits per heavy atom. The van der Waals surface area contributed by atoms with E-state index in [1.807, 2.05) is 13.0 Å². The van der Waals surface area contributed by atoms with Crippen molar-refractivity contribution >= 4 is 51.5 Å². The molecule has 0 aromatic heterocycles. The quantitative estimate of drug-likeness (QED) is 0.165. The minimum Gasteiger partial charge on any atom is -0.357 e. The number of benzene rings is 1. The number of thioether (sulfide) groups is 1. The Balaban J connectivity index is 0.00000625. The van der Waals surface area contributed by atoms with Crippen molar-refractivity contribution in [3.05, 3.63) is 47.8 Å². The van der Waals surface area contributed by atoms with E-state index in [4.69, 9.17) is 0 Å². The van der Waals surface area contributed by atoms with Crippen LogP contribution >= 0.6 is 35.7 Å². The summed E-state index contributed by atoms with van der Waals surface area (Å²) in [6.45, 7) is 7.28. The molecular formula is C17H27FIN3O2S2. The molecule has 2 N–H and O–H groups in total. The molecule has 0 amide bonds. The van der Waals surface area contributed by atoms with Gasteiger partial charge in [0.25, 0.3) is 0 Å². The summed E-state index contributed by atoms with van der Waals surface area (Å²) < 4.78 is 36.6. The number of hydrogen-bond donors (Lipinski definition) is 2. The number of rotatable bonds is 10. The summed E-state index contributed by atoms with van der Waals surface area (Å²) in [6.07, 6.45) is 3.02. The molecular weight excluding hydrogens is 488 g/mol. The molecule has 0 atom stereocenters. The van der Waals surface area contributed by atoms with Crippen LogP contribution in [0.15, 0.2) is 35.8 Å². The molecule has 0 fully saturated rings. The molecule has 0 saturated carbocycles. The molecule has 0 saturated heterocycles. The molecule has 0 heterocycles. The molecule has 0 aliphatic rings. The molecule has 0 radical (unpaired) electrons. The highest BCUT2D eigenvalue weighted by atomic mass is 127. The largest absolute Gasteiger partial charge is 0.357 e. The highest BCUT2D eigenvalue weighted by Crippen LogP contribution is 2.15. The maximum absolute atomic E-state index is 13.5. The van der Waals surface area contributed by atoms with E-state index in [-0.39, 0.29) is 36.3 Å². The van der Waals surface area contributed by atoms with Gasteiger partial charge in [0.15, 0.2) is 15.8 Å². The molecule has 1 aromatic rings. The highest BCUT2D eigenvalue weighted by molar-refractivity contribution is 14.0. The Morgan fingerprint density at radius 3 is 2.69 bits per heavy atom. The average molecular weight is 515 g/mol. The van der Waals surface area contributed by atoms with Crippen molar-refractivity contribution in [2.45, 2.75) is 19.2 Å². The molecule has 0 aliphatic carbocycles. The fourth-order valence-corrected chi connectivity index (χ4v) is 3.51. The topological polar surface area (TPSA) is 70.6 Å². The van der Waals surface area contributed by atoms with Crippen LogP contribution in [0.5, 0.6) is 0 Å². The van der Waals surface area contributed by atoms with Crippen LogP contribution < -0.4 is 10.6 Å². The zero-order valence-electron chi connectivity index (χ0n) is 15.1. The Morgan fingerprint density at radius 1 is 1.35 bits per heavy atom. The Kier molecular flexibility index (Phi) is 13.0. The molecule has 0 spiro atoms. The number of aliphatic imine (C=N–C) groups is 1. The van der Waals surface area contributed by atoms with Crippen LogP contribution in [0.3, 0.4) is 0 Å². The van der Waals surface area contributed by atoms with E-state index in [1.165, 1.54) is 18.2 Å². The summed E-state index contributed by atoms with van der Waals surface area (Å²) in [5.41, 5.74) is 1.15. The zero-order chi connectivity index (χ0) is 18.7. The Bertz CT molecular complexity index is 697. The average Bonchev–Trinajstić information content (AvgIpc) is 2.53. The summed E-state index contributed by atoms with van der Waals surface area (Å²) in [5, 5.41) is 6.33. The lowest BCUT2D eigenvalue weighted by Gasteiger charge is -2.12. The summed E-state index contributed by atoms with van der Waals surface area (Å²) in [4.78, 5) is 4.44. The van der Waals surface area contributed by atoms with Gasteiger partial charge in [-0.1, -0.05) is 12.1 Å². The standard InChI is InChI=1S/C17H26FN3O2S2.HI/c1-4-9-24-10-8-20-17(19-5-2)21-12-15-11-16(18)7-6-14(15)13-25(3,22)23;/h4,6-7,11H,1,5,8-10,12-13H2,2-3H3,(H2,19,20,21);1H. The van der Waals surface area contributed by atoms with Crippen molar-refractivity contribution < 1.29 is 12.8 Å². The van der Waals surface area contributed by atoms with Crippen molar-refractivity contribution in [2.24, 2.45) is 4.99 Å². The number of halogens is 2. The first kappa shape index (κ1) is 25.2. The van der Waals surface area contributed by atoms with E-state index < -0.39 is 15.7 Å². The third kappa shape index (κ3) is 11.0. The first-order valence-electron chi connectivity index (χ1n) is 8.01. The smallest absolute Gasteiger partial charge is 0.191 e. The fourth-order valence-electron chi connectivity index (χ4n) is 2.08. The van der Waals surface area contributed by atoms with Crippen molar-refractivity contribution in [3.8, 4) is 0 Å². The normalized spacial score (nSPS) is 11.6. The molecule has 5 nitrogen and oxygen atoms in total. The van der Waals surface area contributed by atoms with Gasteiger partial charge < -0.3 is 10.6 Å². The molecule has 148 valence electrons. The van der Waals surface area contributed by atoms with Gasteiger partial charge in [-0.2, -0.15) is 11.8 Å². The van der Waals surface area contributed by atoms with Gasteiger partial charge in [0.1, 0.15) is 5.82 Å². The van der Waals surface area contributed by atoms with Gasteiger partial charge in [-0.25, -0.2) is 17.8 Å². The van der Waals surface area contributed by atoms with Crippen LogP contribution in [0.25, 0.3) is 0 Å². The van der Waals surface area contributed by atoms with Gasteiger partial charge in [0.05, 0.1) is 12.3 Å². The molecule has 1 aromatic carbocycles. The lowest BCUT2D eigenvalue weighted by molar-refractivity contribution is 0.600. The minimum absolute atomic E-state index is 0. The second-order valence-corrected chi connectivity index (χ2v) is 8.76. The van der Waals surface area contributed by atoms with E-state index in [9.17, 15) is 12.8 Å². The molecule has 26 heavy (non-hydrogen) atoms. The number of hydrogen-bond acceptors (Lipinski definition) is 4. The Labute approximate surface area is 177 Å². The Hall–Kier alpha value is -0.810. The number of sulfone groups is 1. The third-order valence-electron chi connectivity index (χ3n) is 3.11. The van der Waals surface area contributed by atoms with E-state index in [0.29, 0.717) is 23.6 Å². The van der Waals surface area contributed by atoms with Crippen molar-refractivity contribution in [3.63, 3.8) is 0 Å². The van der Waals surface area contributed by atoms with Crippen LogP contribution in [0.4, 0.5) is 4.39 Å². The van der Waals surface area contributed by atoms with Crippen LogP contribution in [0, 0.1) is 5.82 Å². The van der Waals surface area contributed by atoms with Crippen molar-refractivity contribution in [1.82, 2.24) is 10.6 Å². The van der Waals surface area contributed by atoms with Crippen LogP contribution in [0.2, 0.25) is 0 Å². The predicted octanol–water partition coefficient (Wildman–Crippen LogP) is 2.96. The van der Waals surface area contributed by atoms with Gasteiger partial charge in [0.2, 0.25) is 0 Å². The van der Waals surface area contributed by atoms with E-state index >= 15 is 0 Å². The maximum Gasteiger partial charge on any atom is 0.191 e. The van der Waals surface area contributed by atoms with Crippen LogP contribution in [0.1, 0.15) is 18.1 Å². The van der Waals surface area contributed by atoms with Crippen molar-refractivity contribution in [1.29, 1.82) is 0 Å². The molecule has 0 bridgehead atoms.